The van der Waals surface area contributed by atoms with E-state index in [2.05, 4.69) is 11.4 Å². The van der Waals surface area contributed by atoms with Crippen LogP contribution < -0.4 is 5.32 Å². The monoisotopic (exact) mass is 549 g/mol. The first-order chi connectivity index (χ1) is 18.9. The Kier molecular flexibility index (Phi) is 10.1. The van der Waals surface area contributed by atoms with Crippen LogP contribution in [-0.2, 0) is 27.4 Å². The lowest BCUT2D eigenvalue weighted by Gasteiger charge is -2.29. The zero-order valence-electron chi connectivity index (χ0n) is 22.4. The molecule has 4 rings (SSSR count). The highest BCUT2D eigenvalue weighted by atomic mass is 32.1. The molecule has 0 bridgehead atoms. The van der Waals surface area contributed by atoms with Crippen molar-refractivity contribution in [3.63, 3.8) is 0 Å². The molecule has 1 fully saturated rings. The van der Waals surface area contributed by atoms with Crippen molar-refractivity contribution >= 4 is 34.9 Å². The summed E-state index contributed by atoms with van der Waals surface area (Å²) in [6.07, 6.45) is 1.66. The van der Waals surface area contributed by atoms with Crippen LogP contribution in [0.1, 0.15) is 45.4 Å². The molecule has 2 heterocycles. The second kappa shape index (κ2) is 13.9. The zero-order valence-corrected chi connectivity index (χ0v) is 23.2. The Hall–Kier alpha value is -3.69. The van der Waals surface area contributed by atoms with Crippen LogP contribution in [0.4, 0.5) is 10.5 Å². The molecular weight excluding hydrogens is 514 g/mol. The molecule has 1 saturated heterocycles. The minimum atomic E-state index is -0.416. The van der Waals surface area contributed by atoms with Gasteiger partial charge >= 0.3 is 12.0 Å². The van der Waals surface area contributed by atoms with Crippen molar-refractivity contribution in [2.45, 2.75) is 45.9 Å². The van der Waals surface area contributed by atoms with E-state index in [1.165, 1.54) is 9.78 Å². The third-order valence-corrected chi connectivity index (χ3v) is 7.41. The Morgan fingerprint density at radius 3 is 2.41 bits per heavy atom. The van der Waals surface area contributed by atoms with Gasteiger partial charge in [-0.2, -0.15) is 0 Å². The fourth-order valence-electron chi connectivity index (χ4n) is 4.42. The van der Waals surface area contributed by atoms with E-state index in [1.807, 2.05) is 43.3 Å². The van der Waals surface area contributed by atoms with Crippen LogP contribution >= 0.6 is 11.3 Å². The first kappa shape index (κ1) is 28.3. The number of aryl methyl sites for hydroxylation is 1. The third-order valence-electron chi connectivity index (χ3n) is 6.42. The highest BCUT2D eigenvalue weighted by molar-refractivity contribution is 7.11. The summed E-state index contributed by atoms with van der Waals surface area (Å²) >= 11 is 1.66. The van der Waals surface area contributed by atoms with Crippen molar-refractivity contribution < 1.29 is 23.9 Å². The molecular formula is C30H35N3O5S. The van der Waals surface area contributed by atoms with E-state index in [9.17, 15) is 14.4 Å². The largest absolute Gasteiger partial charge is 0.462 e. The lowest BCUT2D eigenvalue weighted by atomic mass is 10.2. The molecule has 9 heteroatoms. The summed E-state index contributed by atoms with van der Waals surface area (Å²) < 4.78 is 10.8. The minimum Gasteiger partial charge on any atom is -0.462 e. The van der Waals surface area contributed by atoms with E-state index in [4.69, 9.17) is 9.47 Å². The predicted octanol–water partition coefficient (Wildman–Crippen LogP) is 5.48. The number of carbonyl (C=O) groups excluding carboxylic acids is 3. The number of carbonyl (C=O) groups is 3. The summed E-state index contributed by atoms with van der Waals surface area (Å²) in [5.41, 5.74) is 1.95. The molecule has 0 spiro atoms. The molecule has 206 valence electrons. The van der Waals surface area contributed by atoms with E-state index in [0.29, 0.717) is 37.5 Å². The smallest absolute Gasteiger partial charge is 0.338 e. The highest BCUT2D eigenvalue weighted by Crippen LogP contribution is 2.20. The van der Waals surface area contributed by atoms with E-state index in [0.717, 1.165) is 23.3 Å². The Morgan fingerprint density at radius 2 is 1.77 bits per heavy atom. The maximum Gasteiger partial charge on any atom is 0.338 e. The Morgan fingerprint density at radius 1 is 1.00 bits per heavy atom. The van der Waals surface area contributed by atoms with E-state index in [1.54, 1.807) is 47.4 Å². The molecule has 3 amide bonds. The van der Waals surface area contributed by atoms with E-state index >= 15 is 0 Å². The van der Waals surface area contributed by atoms with E-state index < -0.39 is 12.0 Å². The van der Waals surface area contributed by atoms with Crippen molar-refractivity contribution in [1.29, 1.82) is 0 Å². The van der Waals surface area contributed by atoms with Crippen LogP contribution in [0.5, 0.6) is 0 Å². The van der Waals surface area contributed by atoms with Gasteiger partial charge in [-0.1, -0.05) is 30.3 Å². The molecule has 3 aromatic rings. The van der Waals surface area contributed by atoms with Gasteiger partial charge in [0, 0.05) is 35.1 Å². The summed E-state index contributed by atoms with van der Waals surface area (Å²) in [5, 5.41) is 2.87. The molecule has 39 heavy (non-hydrogen) atoms. The lowest BCUT2D eigenvalue weighted by molar-refractivity contribution is -0.133. The van der Waals surface area contributed by atoms with Gasteiger partial charge in [0.05, 0.1) is 24.8 Å². The van der Waals surface area contributed by atoms with Gasteiger partial charge in [0.15, 0.2) is 0 Å². The second-order valence-corrected chi connectivity index (χ2v) is 10.9. The van der Waals surface area contributed by atoms with Crippen LogP contribution in [0.3, 0.4) is 0 Å². The summed E-state index contributed by atoms with van der Waals surface area (Å²) in [6.45, 7) is 5.89. The van der Waals surface area contributed by atoms with Gasteiger partial charge in [-0.05, 0) is 68.7 Å². The number of urea groups is 1. The maximum atomic E-state index is 13.7. The van der Waals surface area contributed by atoms with Crippen LogP contribution in [0.25, 0.3) is 0 Å². The number of thiophene rings is 1. The summed E-state index contributed by atoms with van der Waals surface area (Å²) in [5.74, 6) is -0.559. The molecule has 0 radical (unpaired) electrons. The van der Waals surface area contributed by atoms with Gasteiger partial charge in [-0.25, -0.2) is 9.59 Å². The average molecular weight is 550 g/mol. The average Bonchev–Trinajstić information content (AvgIpc) is 3.60. The molecule has 1 unspecified atom stereocenters. The number of anilines is 1. The van der Waals surface area contributed by atoms with Crippen LogP contribution in [0.2, 0.25) is 0 Å². The first-order valence-electron chi connectivity index (χ1n) is 13.2. The number of benzene rings is 2. The van der Waals surface area contributed by atoms with Crippen LogP contribution in [-0.4, -0.2) is 60.1 Å². The van der Waals surface area contributed by atoms with Crippen molar-refractivity contribution in [1.82, 2.24) is 9.80 Å². The number of nitrogens with zero attached hydrogens (tertiary/aromatic N) is 2. The molecule has 0 aliphatic carbocycles. The summed E-state index contributed by atoms with van der Waals surface area (Å²) in [6, 6.07) is 20.1. The predicted molar refractivity (Wildman–Crippen MR) is 152 cm³/mol. The molecule has 1 atom stereocenters. The normalized spacial score (nSPS) is 14.6. The fraction of sp³-hybridized carbons (Fsp3) is 0.367. The molecule has 0 saturated carbocycles. The van der Waals surface area contributed by atoms with Gasteiger partial charge < -0.3 is 24.6 Å². The van der Waals surface area contributed by atoms with Crippen molar-refractivity contribution in [3.05, 3.63) is 87.6 Å². The van der Waals surface area contributed by atoms with Gasteiger partial charge in [-0.15, -0.1) is 11.3 Å². The van der Waals surface area contributed by atoms with Crippen molar-refractivity contribution in [2.24, 2.45) is 0 Å². The Balaban J connectivity index is 1.49. The molecule has 1 aliphatic heterocycles. The van der Waals surface area contributed by atoms with Crippen molar-refractivity contribution in [2.75, 3.05) is 31.6 Å². The lowest BCUT2D eigenvalue weighted by Crippen LogP contribution is -2.46. The molecule has 8 nitrogen and oxygen atoms in total. The molecule has 1 aromatic heterocycles. The van der Waals surface area contributed by atoms with E-state index in [-0.39, 0.29) is 25.2 Å². The number of amides is 3. The number of rotatable bonds is 11. The second-order valence-electron chi connectivity index (χ2n) is 9.49. The summed E-state index contributed by atoms with van der Waals surface area (Å²) in [7, 11) is 0. The summed E-state index contributed by atoms with van der Waals surface area (Å²) in [4.78, 5) is 44.6. The number of esters is 1. The number of ether oxygens (including phenoxy) is 2. The number of hydrogen-bond acceptors (Lipinski definition) is 6. The van der Waals surface area contributed by atoms with Gasteiger partial charge in [0.25, 0.3) is 0 Å². The Labute approximate surface area is 233 Å². The number of hydrogen-bond donors (Lipinski definition) is 1. The fourth-order valence-corrected chi connectivity index (χ4v) is 5.32. The highest BCUT2D eigenvalue weighted by Gasteiger charge is 2.27. The Bertz CT molecular complexity index is 1240. The zero-order chi connectivity index (χ0) is 27.6. The van der Waals surface area contributed by atoms with Crippen LogP contribution in [0, 0.1) is 6.92 Å². The van der Waals surface area contributed by atoms with Crippen LogP contribution in [0.15, 0.2) is 66.7 Å². The first-order valence-corrected chi connectivity index (χ1v) is 14.0. The SMILES string of the molecule is CCOC(=O)c1ccc(NC(=O)N(CC(=O)N(Cc2ccccc2)Cc2ccc(C)s2)CC2CCCO2)cc1. The van der Waals surface area contributed by atoms with Gasteiger partial charge in [-0.3, -0.25) is 4.79 Å². The van der Waals surface area contributed by atoms with Crippen molar-refractivity contribution in [3.8, 4) is 0 Å². The maximum absolute atomic E-state index is 13.7. The standard InChI is InChI=1S/C30H35N3O5S/c1-3-37-29(35)24-12-14-25(15-13-24)31-30(36)33(19-26-10-7-17-38-26)21-28(34)32(18-23-8-5-4-6-9-23)20-27-16-11-22(2)39-27/h4-6,8-9,11-16,26H,3,7,10,17-21H2,1-2H3,(H,31,36). The minimum absolute atomic E-state index is 0.0796. The van der Waals surface area contributed by atoms with Gasteiger partial charge in [0.1, 0.15) is 6.54 Å². The molecule has 2 aromatic carbocycles. The van der Waals surface area contributed by atoms with Gasteiger partial charge in [0.2, 0.25) is 5.91 Å². The topological polar surface area (TPSA) is 88.2 Å². The molecule has 1 N–H and O–H groups in total. The quantitative estimate of drug-likeness (QED) is 0.320. The number of nitrogens with one attached hydrogen (secondary N) is 1. The molecule has 1 aliphatic rings. The third kappa shape index (κ3) is 8.40.